The molecule has 126 valence electrons. The predicted molar refractivity (Wildman–Crippen MR) is 100 cm³/mol. The number of hydrogen-bond donors (Lipinski definition) is 2. The van der Waals surface area contributed by atoms with Crippen molar-refractivity contribution in [3.05, 3.63) is 86.7 Å². The van der Waals surface area contributed by atoms with Crippen LogP contribution < -0.4 is 10.9 Å². The quantitative estimate of drug-likeness (QED) is 0.704. The smallest absolute Gasteiger partial charge is 0.264 e. The molecule has 1 amide bonds. The molecule has 5 nitrogen and oxygen atoms in total. The summed E-state index contributed by atoms with van der Waals surface area (Å²) in [4.78, 5) is 31.5. The van der Waals surface area contributed by atoms with E-state index in [1.807, 2.05) is 61.5 Å². The van der Waals surface area contributed by atoms with E-state index < -0.39 is 11.5 Å². The minimum absolute atomic E-state index is 0.0125. The molecule has 25 heavy (non-hydrogen) atoms. The molecule has 0 bridgehead atoms. The van der Waals surface area contributed by atoms with Crippen molar-refractivity contribution in [2.24, 2.45) is 0 Å². The fraction of sp³-hybridized carbons (Fsp3) is 0.105. The standard InChI is InChI=1S/C19H16BrN3O2/c1-12(14-8-5-9-15(20)10-14)22-18(24)16-11-21-17(23-19(16)25)13-6-3-2-4-7-13/h2-12H,1H3,(H,22,24)(H,21,23,25)/t12-/m1/s1. The van der Waals surface area contributed by atoms with Gasteiger partial charge in [0.25, 0.3) is 11.5 Å². The van der Waals surface area contributed by atoms with Crippen LogP contribution in [0, 0.1) is 0 Å². The third-order valence-electron chi connectivity index (χ3n) is 3.79. The van der Waals surface area contributed by atoms with E-state index in [0.29, 0.717) is 5.82 Å². The van der Waals surface area contributed by atoms with Crippen molar-refractivity contribution >= 4 is 21.8 Å². The summed E-state index contributed by atoms with van der Waals surface area (Å²) in [6.07, 6.45) is 1.31. The molecule has 0 saturated carbocycles. The van der Waals surface area contributed by atoms with Crippen LogP contribution in [-0.2, 0) is 0 Å². The fourth-order valence-corrected chi connectivity index (χ4v) is 2.85. The highest BCUT2D eigenvalue weighted by Gasteiger charge is 2.16. The fourth-order valence-electron chi connectivity index (χ4n) is 2.43. The van der Waals surface area contributed by atoms with E-state index in [0.717, 1.165) is 15.6 Å². The van der Waals surface area contributed by atoms with Gasteiger partial charge in [0.1, 0.15) is 11.4 Å². The third kappa shape index (κ3) is 4.03. The van der Waals surface area contributed by atoms with Crippen molar-refractivity contribution < 1.29 is 4.79 Å². The molecule has 1 atom stereocenters. The lowest BCUT2D eigenvalue weighted by molar-refractivity contribution is 0.0938. The van der Waals surface area contributed by atoms with E-state index in [2.05, 4.69) is 31.2 Å². The maximum atomic E-state index is 12.4. The Morgan fingerprint density at radius 3 is 2.60 bits per heavy atom. The first-order valence-electron chi connectivity index (χ1n) is 7.75. The predicted octanol–water partition coefficient (Wildman–Crippen LogP) is 3.69. The van der Waals surface area contributed by atoms with Gasteiger partial charge in [0.05, 0.1) is 6.04 Å². The number of rotatable bonds is 4. The molecule has 1 heterocycles. The molecule has 0 spiro atoms. The van der Waals surface area contributed by atoms with Gasteiger partial charge in [0.15, 0.2) is 0 Å². The average Bonchev–Trinajstić information content (AvgIpc) is 2.62. The molecule has 0 fully saturated rings. The van der Waals surface area contributed by atoms with E-state index in [-0.39, 0.29) is 11.6 Å². The zero-order valence-corrected chi connectivity index (χ0v) is 15.1. The van der Waals surface area contributed by atoms with E-state index in [1.54, 1.807) is 0 Å². The van der Waals surface area contributed by atoms with Crippen LogP contribution >= 0.6 is 15.9 Å². The average molecular weight is 398 g/mol. The van der Waals surface area contributed by atoms with Crippen LogP contribution in [0.15, 0.2) is 70.1 Å². The van der Waals surface area contributed by atoms with Crippen LogP contribution in [0.4, 0.5) is 0 Å². The minimum Gasteiger partial charge on any atom is -0.345 e. The summed E-state index contributed by atoms with van der Waals surface area (Å²) in [5.74, 6) is -0.0250. The zero-order valence-electron chi connectivity index (χ0n) is 13.5. The Balaban J connectivity index is 1.80. The number of benzene rings is 2. The summed E-state index contributed by atoms with van der Waals surface area (Å²) in [5.41, 5.74) is 1.25. The second kappa shape index (κ2) is 7.44. The molecule has 2 aromatic carbocycles. The largest absolute Gasteiger partial charge is 0.345 e. The van der Waals surface area contributed by atoms with Gasteiger partial charge in [-0.05, 0) is 24.6 Å². The van der Waals surface area contributed by atoms with Crippen LogP contribution in [0.25, 0.3) is 11.4 Å². The number of aromatic nitrogens is 2. The lowest BCUT2D eigenvalue weighted by atomic mass is 10.1. The van der Waals surface area contributed by atoms with Crippen molar-refractivity contribution in [1.29, 1.82) is 0 Å². The molecule has 0 unspecified atom stereocenters. The Hall–Kier alpha value is -2.73. The molecule has 0 aliphatic heterocycles. The lowest BCUT2D eigenvalue weighted by Gasteiger charge is -2.14. The van der Waals surface area contributed by atoms with Crippen molar-refractivity contribution in [2.75, 3.05) is 0 Å². The van der Waals surface area contributed by atoms with Crippen molar-refractivity contribution in [1.82, 2.24) is 15.3 Å². The highest BCUT2D eigenvalue weighted by Crippen LogP contribution is 2.18. The molecular weight excluding hydrogens is 382 g/mol. The number of nitrogens with zero attached hydrogens (tertiary/aromatic N) is 1. The van der Waals surface area contributed by atoms with Gasteiger partial charge >= 0.3 is 0 Å². The summed E-state index contributed by atoms with van der Waals surface area (Å²) in [6.45, 7) is 1.86. The second-order valence-corrected chi connectivity index (χ2v) is 6.51. The summed E-state index contributed by atoms with van der Waals surface area (Å²) in [7, 11) is 0. The Morgan fingerprint density at radius 2 is 1.92 bits per heavy atom. The number of nitrogens with one attached hydrogen (secondary N) is 2. The summed E-state index contributed by atoms with van der Waals surface area (Å²) < 4.78 is 0.929. The van der Waals surface area contributed by atoms with Gasteiger partial charge in [0.2, 0.25) is 0 Å². The highest BCUT2D eigenvalue weighted by atomic mass is 79.9. The van der Waals surface area contributed by atoms with Crippen LogP contribution in [-0.4, -0.2) is 15.9 Å². The van der Waals surface area contributed by atoms with Crippen LogP contribution in [0.5, 0.6) is 0 Å². The van der Waals surface area contributed by atoms with E-state index >= 15 is 0 Å². The topological polar surface area (TPSA) is 74.8 Å². The number of carbonyl (C=O) groups excluding carboxylic acids is 1. The molecule has 2 N–H and O–H groups in total. The molecule has 0 radical (unpaired) electrons. The van der Waals surface area contributed by atoms with Gasteiger partial charge in [-0.1, -0.05) is 58.4 Å². The molecule has 3 rings (SSSR count). The number of hydrogen-bond acceptors (Lipinski definition) is 3. The molecule has 0 aliphatic rings. The second-order valence-electron chi connectivity index (χ2n) is 5.59. The van der Waals surface area contributed by atoms with Crippen molar-refractivity contribution in [2.45, 2.75) is 13.0 Å². The Labute approximate surface area is 153 Å². The Kier molecular flexibility index (Phi) is 5.09. The number of H-pyrrole nitrogens is 1. The van der Waals surface area contributed by atoms with Crippen molar-refractivity contribution in [3.8, 4) is 11.4 Å². The van der Waals surface area contributed by atoms with Gasteiger partial charge in [-0.15, -0.1) is 0 Å². The van der Waals surface area contributed by atoms with Crippen LogP contribution in [0.2, 0.25) is 0 Å². The SMILES string of the molecule is C[C@@H](NC(=O)c1cnc(-c2ccccc2)[nH]c1=O)c1cccc(Br)c1. The van der Waals surface area contributed by atoms with Gasteiger partial charge in [0, 0.05) is 16.2 Å². The van der Waals surface area contributed by atoms with Crippen LogP contribution in [0.3, 0.4) is 0 Å². The first-order valence-corrected chi connectivity index (χ1v) is 8.55. The molecular formula is C19H16BrN3O2. The monoisotopic (exact) mass is 397 g/mol. The number of halogens is 1. The maximum Gasteiger partial charge on any atom is 0.264 e. The Bertz CT molecular complexity index is 954. The summed E-state index contributed by atoms with van der Waals surface area (Å²) >= 11 is 3.41. The Morgan fingerprint density at radius 1 is 1.16 bits per heavy atom. The first kappa shape index (κ1) is 17.1. The lowest BCUT2D eigenvalue weighted by Crippen LogP contribution is -2.32. The van der Waals surface area contributed by atoms with Crippen molar-refractivity contribution in [3.63, 3.8) is 0 Å². The van der Waals surface area contributed by atoms with Crippen LogP contribution in [0.1, 0.15) is 28.9 Å². The highest BCUT2D eigenvalue weighted by molar-refractivity contribution is 9.10. The molecule has 1 aromatic heterocycles. The van der Waals surface area contributed by atoms with Gasteiger partial charge in [-0.25, -0.2) is 4.98 Å². The third-order valence-corrected chi connectivity index (χ3v) is 4.28. The zero-order chi connectivity index (χ0) is 17.8. The molecule has 0 aliphatic carbocycles. The first-order chi connectivity index (χ1) is 12.0. The molecule has 0 saturated heterocycles. The number of aromatic amines is 1. The molecule has 6 heteroatoms. The minimum atomic E-state index is -0.465. The number of amides is 1. The van der Waals surface area contributed by atoms with Gasteiger partial charge in [-0.2, -0.15) is 0 Å². The summed E-state index contributed by atoms with van der Waals surface area (Å²) in [5, 5.41) is 2.82. The summed E-state index contributed by atoms with van der Waals surface area (Å²) in [6, 6.07) is 16.7. The van der Waals surface area contributed by atoms with E-state index in [1.165, 1.54) is 6.20 Å². The van der Waals surface area contributed by atoms with Gasteiger partial charge in [-0.3, -0.25) is 9.59 Å². The van der Waals surface area contributed by atoms with Gasteiger partial charge < -0.3 is 10.3 Å². The van der Waals surface area contributed by atoms with E-state index in [9.17, 15) is 9.59 Å². The maximum absolute atomic E-state index is 12.4. The number of carbonyl (C=O) groups is 1. The van der Waals surface area contributed by atoms with E-state index in [4.69, 9.17) is 0 Å². The molecule has 3 aromatic rings. The normalized spacial score (nSPS) is 11.8.